The van der Waals surface area contributed by atoms with Gasteiger partial charge in [0.05, 0.1) is 0 Å². The molecule has 1 N–H and O–H groups in total. The van der Waals surface area contributed by atoms with Crippen molar-refractivity contribution >= 4 is 0 Å². The van der Waals surface area contributed by atoms with E-state index in [4.69, 9.17) is 0 Å². The van der Waals surface area contributed by atoms with Gasteiger partial charge in [0.25, 0.3) is 0 Å². The Hall–Kier alpha value is -0.0800. The molecule has 0 saturated heterocycles. The molecular weight excluding hydrogens is 220 g/mol. The van der Waals surface area contributed by atoms with E-state index in [2.05, 4.69) is 58.7 Å². The first-order valence-corrected chi connectivity index (χ1v) is 7.64. The highest BCUT2D eigenvalue weighted by atomic mass is 15.1. The van der Waals surface area contributed by atoms with E-state index in [-0.39, 0.29) is 0 Å². The quantitative estimate of drug-likeness (QED) is 0.634. The van der Waals surface area contributed by atoms with Gasteiger partial charge in [-0.3, -0.25) is 0 Å². The van der Waals surface area contributed by atoms with Gasteiger partial charge in [0, 0.05) is 26.2 Å². The van der Waals surface area contributed by atoms with Crippen molar-refractivity contribution in [2.75, 3.05) is 32.7 Å². The van der Waals surface area contributed by atoms with Crippen LogP contribution in [0.5, 0.6) is 0 Å². The summed E-state index contributed by atoms with van der Waals surface area (Å²) in [5.74, 6) is 1.52. The van der Waals surface area contributed by atoms with Crippen molar-refractivity contribution in [2.24, 2.45) is 17.3 Å². The standard InChI is InChI=1S/C16H36N2/c1-14(2)12-18(13-15(3)4)11-10-17-9-8-16(5,6)7/h14-15,17H,8-13H2,1-7H3. The Morgan fingerprint density at radius 1 is 0.889 bits per heavy atom. The van der Waals surface area contributed by atoms with E-state index in [0.717, 1.165) is 24.9 Å². The Labute approximate surface area is 116 Å². The van der Waals surface area contributed by atoms with Crippen LogP contribution in [0.15, 0.2) is 0 Å². The first-order chi connectivity index (χ1) is 8.20. The Kier molecular flexibility index (Phi) is 8.89. The van der Waals surface area contributed by atoms with E-state index in [1.54, 1.807) is 0 Å². The average Bonchev–Trinajstić information content (AvgIpc) is 2.12. The number of hydrogen-bond acceptors (Lipinski definition) is 2. The first-order valence-electron chi connectivity index (χ1n) is 7.64. The summed E-state index contributed by atoms with van der Waals surface area (Å²) in [6.45, 7) is 22.0. The summed E-state index contributed by atoms with van der Waals surface area (Å²) in [6.07, 6.45) is 1.25. The third kappa shape index (κ3) is 12.4. The van der Waals surface area contributed by atoms with E-state index in [1.165, 1.54) is 26.1 Å². The molecule has 0 aliphatic heterocycles. The molecule has 0 saturated carbocycles. The Balaban J connectivity index is 3.75. The van der Waals surface area contributed by atoms with E-state index < -0.39 is 0 Å². The molecule has 0 aliphatic rings. The molecule has 0 aromatic rings. The summed E-state index contributed by atoms with van der Waals surface area (Å²) in [6, 6.07) is 0. The molecule has 2 nitrogen and oxygen atoms in total. The lowest BCUT2D eigenvalue weighted by Crippen LogP contribution is -2.37. The Morgan fingerprint density at radius 2 is 1.39 bits per heavy atom. The summed E-state index contributed by atoms with van der Waals surface area (Å²) >= 11 is 0. The second-order valence-electron chi connectivity index (χ2n) is 7.61. The van der Waals surface area contributed by atoms with E-state index >= 15 is 0 Å². The minimum atomic E-state index is 0.447. The smallest absolute Gasteiger partial charge is 0.0107 e. The zero-order chi connectivity index (χ0) is 14.2. The van der Waals surface area contributed by atoms with Crippen LogP contribution in [0.3, 0.4) is 0 Å². The SMILES string of the molecule is CC(C)CN(CCNCCC(C)(C)C)CC(C)C. The van der Waals surface area contributed by atoms with Gasteiger partial charge >= 0.3 is 0 Å². The lowest BCUT2D eigenvalue weighted by atomic mass is 9.92. The largest absolute Gasteiger partial charge is 0.315 e. The van der Waals surface area contributed by atoms with Crippen molar-refractivity contribution in [2.45, 2.75) is 54.9 Å². The molecule has 0 aliphatic carbocycles. The van der Waals surface area contributed by atoms with Gasteiger partial charge in [-0.1, -0.05) is 48.5 Å². The second-order valence-corrected chi connectivity index (χ2v) is 7.61. The van der Waals surface area contributed by atoms with Crippen molar-refractivity contribution in [1.29, 1.82) is 0 Å². The third-order valence-corrected chi connectivity index (χ3v) is 2.90. The summed E-state index contributed by atoms with van der Waals surface area (Å²) in [5, 5.41) is 3.58. The maximum absolute atomic E-state index is 3.58. The van der Waals surface area contributed by atoms with Crippen LogP contribution in [0.1, 0.15) is 54.9 Å². The molecule has 0 bridgehead atoms. The molecule has 110 valence electrons. The molecule has 0 aromatic carbocycles. The average molecular weight is 256 g/mol. The van der Waals surface area contributed by atoms with Gasteiger partial charge in [0.15, 0.2) is 0 Å². The zero-order valence-corrected chi connectivity index (χ0v) is 13.8. The van der Waals surface area contributed by atoms with E-state index in [1.807, 2.05) is 0 Å². The Morgan fingerprint density at radius 3 is 1.78 bits per heavy atom. The summed E-state index contributed by atoms with van der Waals surface area (Å²) in [5.41, 5.74) is 0.447. The molecule has 0 heterocycles. The van der Waals surface area contributed by atoms with Gasteiger partial charge in [0.2, 0.25) is 0 Å². The summed E-state index contributed by atoms with van der Waals surface area (Å²) in [7, 11) is 0. The monoisotopic (exact) mass is 256 g/mol. The van der Waals surface area contributed by atoms with Crippen molar-refractivity contribution < 1.29 is 0 Å². The minimum Gasteiger partial charge on any atom is -0.315 e. The number of nitrogens with one attached hydrogen (secondary N) is 1. The number of rotatable bonds is 9. The highest BCUT2D eigenvalue weighted by Gasteiger charge is 2.10. The van der Waals surface area contributed by atoms with E-state index in [0.29, 0.717) is 5.41 Å². The third-order valence-electron chi connectivity index (χ3n) is 2.90. The van der Waals surface area contributed by atoms with E-state index in [9.17, 15) is 0 Å². The molecule has 18 heavy (non-hydrogen) atoms. The van der Waals surface area contributed by atoms with Gasteiger partial charge < -0.3 is 10.2 Å². The fourth-order valence-corrected chi connectivity index (χ4v) is 2.12. The minimum absolute atomic E-state index is 0.447. The van der Waals surface area contributed by atoms with Gasteiger partial charge in [-0.05, 0) is 30.2 Å². The highest BCUT2D eigenvalue weighted by molar-refractivity contribution is 4.66. The van der Waals surface area contributed by atoms with Gasteiger partial charge in [-0.2, -0.15) is 0 Å². The fraction of sp³-hybridized carbons (Fsp3) is 1.00. The van der Waals surface area contributed by atoms with Crippen LogP contribution in [-0.4, -0.2) is 37.6 Å². The van der Waals surface area contributed by atoms with Crippen LogP contribution >= 0.6 is 0 Å². The zero-order valence-electron chi connectivity index (χ0n) is 13.8. The Bertz CT molecular complexity index is 182. The van der Waals surface area contributed by atoms with Gasteiger partial charge in [0.1, 0.15) is 0 Å². The number of hydrogen-bond donors (Lipinski definition) is 1. The molecule has 0 rings (SSSR count). The molecule has 0 spiro atoms. The van der Waals surface area contributed by atoms with Crippen molar-refractivity contribution in [1.82, 2.24) is 10.2 Å². The highest BCUT2D eigenvalue weighted by Crippen LogP contribution is 2.16. The molecular formula is C16H36N2. The van der Waals surface area contributed by atoms with Crippen LogP contribution in [0.2, 0.25) is 0 Å². The lowest BCUT2D eigenvalue weighted by molar-refractivity contribution is 0.218. The molecule has 0 radical (unpaired) electrons. The normalized spacial score (nSPS) is 13.0. The molecule has 0 aromatic heterocycles. The van der Waals surface area contributed by atoms with Crippen molar-refractivity contribution in [3.05, 3.63) is 0 Å². The molecule has 0 fully saturated rings. The predicted molar refractivity (Wildman–Crippen MR) is 83.1 cm³/mol. The fourth-order valence-electron chi connectivity index (χ4n) is 2.12. The van der Waals surface area contributed by atoms with Gasteiger partial charge in [-0.25, -0.2) is 0 Å². The van der Waals surface area contributed by atoms with Crippen LogP contribution < -0.4 is 5.32 Å². The van der Waals surface area contributed by atoms with Crippen LogP contribution in [0.25, 0.3) is 0 Å². The molecule has 0 amide bonds. The van der Waals surface area contributed by atoms with Crippen LogP contribution in [0.4, 0.5) is 0 Å². The lowest BCUT2D eigenvalue weighted by Gasteiger charge is -2.26. The first kappa shape index (κ1) is 17.9. The number of nitrogens with zero attached hydrogens (tertiary/aromatic N) is 1. The van der Waals surface area contributed by atoms with Crippen LogP contribution in [0, 0.1) is 17.3 Å². The maximum atomic E-state index is 3.58. The van der Waals surface area contributed by atoms with Gasteiger partial charge in [-0.15, -0.1) is 0 Å². The molecule has 0 unspecified atom stereocenters. The van der Waals surface area contributed by atoms with Crippen molar-refractivity contribution in [3.8, 4) is 0 Å². The second kappa shape index (κ2) is 8.92. The molecule has 0 atom stereocenters. The molecule has 2 heteroatoms. The van der Waals surface area contributed by atoms with Crippen molar-refractivity contribution in [3.63, 3.8) is 0 Å². The topological polar surface area (TPSA) is 15.3 Å². The van der Waals surface area contributed by atoms with Crippen LogP contribution in [-0.2, 0) is 0 Å². The summed E-state index contributed by atoms with van der Waals surface area (Å²) in [4.78, 5) is 2.60. The maximum Gasteiger partial charge on any atom is 0.0107 e. The predicted octanol–water partition coefficient (Wildman–Crippen LogP) is 3.63. The summed E-state index contributed by atoms with van der Waals surface area (Å²) < 4.78 is 0.